The van der Waals surface area contributed by atoms with Crippen molar-refractivity contribution in [3.63, 3.8) is 0 Å². The summed E-state index contributed by atoms with van der Waals surface area (Å²) in [4.78, 5) is 9.62. The lowest BCUT2D eigenvalue weighted by atomic mass is 9.99. The van der Waals surface area contributed by atoms with Crippen molar-refractivity contribution in [2.24, 2.45) is 0 Å². The van der Waals surface area contributed by atoms with Crippen molar-refractivity contribution in [1.82, 2.24) is 15.2 Å². The molecule has 1 N–H and O–H groups in total. The second kappa shape index (κ2) is 5.88. The Kier molecular flexibility index (Phi) is 3.99. The minimum atomic E-state index is 0.767. The second-order valence-electron chi connectivity index (χ2n) is 5.67. The molecular weight excluding hydrogens is 236 g/mol. The van der Waals surface area contributed by atoms with Gasteiger partial charge in [-0.2, -0.15) is 0 Å². The van der Waals surface area contributed by atoms with Crippen LogP contribution in [0.15, 0.2) is 18.3 Å². The lowest BCUT2D eigenvalue weighted by Gasteiger charge is -2.45. The predicted octanol–water partition coefficient (Wildman–Crippen LogP) is 1.48. The summed E-state index contributed by atoms with van der Waals surface area (Å²) >= 11 is 0. The van der Waals surface area contributed by atoms with Crippen LogP contribution in [0.5, 0.6) is 0 Å². The summed E-state index contributed by atoms with van der Waals surface area (Å²) < 4.78 is 0. The van der Waals surface area contributed by atoms with Crippen LogP contribution in [0.2, 0.25) is 0 Å². The van der Waals surface area contributed by atoms with Crippen LogP contribution in [0.1, 0.15) is 25.0 Å². The number of nitrogens with zero attached hydrogens (tertiary/aromatic N) is 3. The summed E-state index contributed by atoms with van der Waals surface area (Å²) in [7, 11) is 1.97. The van der Waals surface area contributed by atoms with Gasteiger partial charge in [-0.3, -0.25) is 9.88 Å². The molecule has 0 radical (unpaired) electrons. The maximum absolute atomic E-state index is 4.41. The van der Waals surface area contributed by atoms with Crippen LogP contribution in [0, 0.1) is 0 Å². The van der Waals surface area contributed by atoms with Gasteiger partial charge < -0.3 is 10.2 Å². The molecule has 2 aliphatic rings. The van der Waals surface area contributed by atoms with Gasteiger partial charge in [0.15, 0.2) is 0 Å². The number of fused-ring (bicyclic) bond motifs is 1. The molecule has 104 valence electrons. The molecule has 4 nitrogen and oxygen atoms in total. The number of hydrogen-bond donors (Lipinski definition) is 1. The van der Waals surface area contributed by atoms with Crippen LogP contribution in [0.4, 0.5) is 5.69 Å². The molecule has 0 aliphatic carbocycles. The number of piperidine rings is 1. The van der Waals surface area contributed by atoms with Crippen LogP contribution in [-0.2, 0) is 6.54 Å². The monoisotopic (exact) mass is 260 g/mol. The molecule has 0 saturated carbocycles. The smallest absolute Gasteiger partial charge is 0.0562 e. The zero-order chi connectivity index (χ0) is 13.1. The van der Waals surface area contributed by atoms with Crippen molar-refractivity contribution in [2.45, 2.75) is 31.8 Å². The lowest BCUT2D eigenvalue weighted by molar-refractivity contribution is 0.133. The van der Waals surface area contributed by atoms with E-state index in [1.54, 1.807) is 0 Å². The minimum absolute atomic E-state index is 0.767. The topological polar surface area (TPSA) is 31.4 Å². The highest BCUT2D eigenvalue weighted by molar-refractivity contribution is 5.47. The van der Waals surface area contributed by atoms with E-state index in [4.69, 9.17) is 0 Å². The lowest BCUT2D eigenvalue weighted by Crippen LogP contribution is -2.54. The molecule has 1 aromatic heterocycles. The van der Waals surface area contributed by atoms with Crippen molar-refractivity contribution >= 4 is 5.69 Å². The molecule has 19 heavy (non-hydrogen) atoms. The summed E-state index contributed by atoms with van der Waals surface area (Å²) in [6.45, 7) is 5.70. The van der Waals surface area contributed by atoms with E-state index in [1.165, 1.54) is 44.6 Å². The number of piperazine rings is 1. The van der Waals surface area contributed by atoms with Gasteiger partial charge in [0.2, 0.25) is 0 Å². The number of hydrogen-bond acceptors (Lipinski definition) is 4. The molecule has 1 aromatic rings. The third-order valence-electron chi connectivity index (χ3n) is 4.36. The highest BCUT2D eigenvalue weighted by Crippen LogP contribution is 2.25. The summed E-state index contributed by atoms with van der Waals surface area (Å²) in [6.07, 6.45) is 6.09. The van der Waals surface area contributed by atoms with Crippen molar-refractivity contribution in [3.05, 3.63) is 24.0 Å². The average Bonchev–Trinajstić information content (AvgIpc) is 2.47. The van der Waals surface area contributed by atoms with E-state index in [0.29, 0.717) is 0 Å². The Hall–Kier alpha value is -1.13. The van der Waals surface area contributed by atoms with E-state index in [2.05, 4.69) is 32.2 Å². The van der Waals surface area contributed by atoms with E-state index >= 15 is 0 Å². The quantitative estimate of drug-likeness (QED) is 0.892. The first kappa shape index (κ1) is 12.9. The Morgan fingerprint density at radius 1 is 1.32 bits per heavy atom. The summed E-state index contributed by atoms with van der Waals surface area (Å²) in [6, 6.07) is 5.15. The minimum Gasteiger partial charge on any atom is -0.369 e. The van der Waals surface area contributed by atoms with Gasteiger partial charge in [0.05, 0.1) is 5.69 Å². The SMILES string of the molecule is CNCc1cc(N2CCN3CCCCC3C2)ccn1. The van der Waals surface area contributed by atoms with Crippen LogP contribution < -0.4 is 10.2 Å². The zero-order valence-electron chi connectivity index (χ0n) is 11.8. The van der Waals surface area contributed by atoms with E-state index in [1.807, 2.05) is 13.2 Å². The first-order chi connectivity index (χ1) is 9.36. The maximum atomic E-state index is 4.41. The normalized spacial score (nSPS) is 24.3. The van der Waals surface area contributed by atoms with Gasteiger partial charge in [-0.15, -0.1) is 0 Å². The molecule has 2 saturated heterocycles. The number of rotatable bonds is 3. The highest BCUT2D eigenvalue weighted by Gasteiger charge is 2.28. The number of aromatic nitrogens is 1. The van der Waals surface area contributed by atoms with Crippen LogP contribution >= 0.6 is 0 Å². The van der Waals surface area contributed by atoms with Gasteiger partial charge in [-0.25, -0.2) is 0 Å². The van der Waals surface area contributed by atoms with E-state index in [0.717, 1.165) is 24.8 Å². The summed E-state index contributed by atoms with van der Waals surface area (Å²) in [5.41, 5.74) is 2.47. The standard InChI is InChI=1S/C15H24N4/c1-16-11-13-10-14(5-6-17-13)19-9-8-18-7-3-2-4-15(18)12-19/h5-6,10,15-16H,2-4,7-9,11-12H2,1H3. The predicted molar refractivity (Wildman–Crippen MR) is 78.4 cm³/mol. The fourth-order valence-corrected chi connectivity index (χ4v) is 3.33. The summed E-state index contributed by atoms with van der Waals surface area (Å²) in [5.74, 6) is 0. The second-order valence-corrected chi connectivity index (χ2v) is 5.67. The average molecular weight is 260 g/mol. The Bertz CT molecular complexity index is 420. The van der Waals surface area contributed by atoms with Crippen LogP contribution in [-0.4, -0.2) is 49.2 Å². The van der Waals surface area contributed by atoms with Gasteiger partial charge in [-0.1, -0.05) is 6.42 Å². The highest BCUT2D eigenvalue weighted by atomic mass is 15.3. The Balaban J connectivity index is 1.70. The molecule has 1 atom stereocenters. The van der Waals surface area contributed by atoms with Crippen LogP contribution in [0.3, 0.4) is 0 Å². The fraction of sp³-hybridized carbons (Fsp3) is 0.667. The Morgan fingerprint density at radius 2 is 2.26 bits per heavy atom. The number of nitrogens with one attached hydrogen (secondary N) is 1. The third-order valence-corrected chi connectivity index (χ3v) is 4.36. The summed E-state index contributed by atoms with van der Waals surface area (Å²) in [5, 5.41) is 3.17. The fourth-order valence-electron chi connectivity index (χ4n) is 3.33. The molecule has 0 amide bonds. The molecule has 1 unspecified atom stereocenters. The first-order valence-corrected chi connectivity index (χ1v) is 7.45. The van der Waals surface area contributed by atoms with Gasteiger partial charge in [0.1, 0.15) is 0 Å². The Morgan fingerprint density at radius 3 is 3.16 bits per heavy atom. The van der Waals surface area contributed by atoms with E-state index in [9.17, 15) is 0 Å². The number of pyridine rings is 1. The van der Waals surface area contributed by atoms with Crippen molar-refractivity contribution in [1.29, 1.82) is 0 Å². The maximum Gasteiger partial charge on any atom is 0.0562 e. The molecule has 0 aromatic carbocycles. The van der Waals surface area contributed by atoms with E-state index < -0.39 is 0 Å². The molecule has 0 bridgehead atoms. The van der Waals surface area contributed by atoms with E-state index in [-0.39, 0.29) is 0 Å². The van der Waals surface area contributed by atoms with Gasteiger partial charge in [0.25, 0.3) is 0 Å². The number of anilines is 1. The van der Waals surface area contributed by atoms with Crippen molar-refractivity contribution in [2.75, 3.05) is 38.1 Å². The largest absolute Gasteiger partial charge is 0.369 e. The molecule has 2 aliphatic heterocycles. The van der Waals surface area contributed by atoms with Gasteiger partial charge in [-0.05, 0) is 38.6 Å². The third kappa shape index (κ3) is 2.90. The zero-order valence-corrected chi connectivity index (χ0v) is 11.8. The van der Waals surface area contributed by atoms with Gasteiger partial charge in [0, 0.05) is 44.1 Å². The molecule has 2 fully saturated rings. The molecule has 0 spiro atoms. The molecule has 3 rings (SSSR count). The first-order valence-electron chi connectivity index (χ1n) is 7.45. The van der Waals surface area contributed by atoms with Crippen LogP contribution in [0.25, 0.3) is 0 Å². The van der Waals surface area contributed by atoms with Crippen molar-refractivity contribution < 1.29 is 0 Å². The Labute approximate surface area is 115 Å². The molecule has 3 heterocycles. The van der Waals surface area contributed by atoms with Crippen molar-refractivity contribution in [3.8, 4) is 0 Å². The molecular formula is C15H24N4. The van der Waals surface area contributed by atoms with Gasteiger partial charge >= 0.3 is 0 Å². The molecule has 4 heteroatoms.